The standard InChI is InChI=1S/C15H28N2O4/c1-4-11(2)14(15(19)20-3)17-13(18)7-10-21-12-5-8-16-9-6-12/h11-12,14,16H,4-10H2,1-3H3,(H,17,18). The van der Waals surface area contributed by atoms with Gasteiger partial charge >= 0.3 is 5.97 Å². The number of hydrogen-bond donors (Lipinski definition) is 2. The average molecular weight is 300 g/mol. The van der Waals surface area contributed by atoms with Crippen LogP contribution in [-0.4, -0.2) is 50.8 Å². The molecule has 1 aliphatic rings. The molecule has 0 aromatic carbocycles. The fraction of sp³-hybridized carbons (Fsp3) is 0.867. The van der Waals surface area contributed by atoms with Crippen LogP contribution in [0.2, 0.25) is 0 Å². The molecule has 0 saturated carbocycles. The minimum absolute atomic E-state index is 0.0479. The number of piperidine rings is 1. The van der Waals surface area contributed by atoms with Crippen molar-refractivity contribution >= 4 is 11.9 Å². The van der Waals surface area contributed by atoms with Crippen molar-refractivity contribution in [2.75, 3.05) is 26.8 Å². The molecule has 6 heteroatoms. The molecule has 1 saturated heterocycles. The molecule has 0 aromatic rings. The first-order valence-electron chi connectivity index (χ1n) is 7.78. The van der Waals surface area contributed by atoms with Gasteiger partial charge in [-0.25, -0.2) is 4.79 Å². The second-order valence-corrected chi connectivity index (χ2v) is 5.52. The molecule has 1 amide bonds. The van der Waals surface area contributed by atoms with Crippen LogP contribution in [0, 0.1) is 5.92 Å². The maximum absolute atomic E-state index is 11.9. The molecule has 0 aromatic heterocycles. The first-order valence-corrected chi connectivity index (χ1v) is 7.78. The van der Waals surface area contributed by atoms with Crippen LogP contribution < -0.4 is 10.6 Å². The Kier molecular flexibility index (Phi) is 8.30. The Balaban J connectivity index is 2.30. The zero-order valence-corrected chi connectivity index (χ0v) is 13.3. The van der Waals surface area contributed by atoms with Crippen molar-refractivity contribution in [2.45, 2.75) is 51.7 Å². The van der Waals surface area contributed by atoms with Gasteiger partial charge in [-0.2, -0.15) is 0 Å². The minimum atomic E-state index is -0.577. The van der Waals surface area contributed by atoms with Crippen LogP contribution in [0.25, 0.3) is 0 Å². The predicted molar refractivity (Wildman–Crippen MR) is 79.9 cm³/mol. The number of ether oxygens (including phenoxy) is 2. The van der Waals surface area contributed by atoms with E-state index in [-0.39, 0.29) is 24.3 Å². The van der Waals surface area contributed by atoms with Gasteiger partial charge in [-0.1, -0.05) is 20.3 Å². The van der Waals surface area contributed by atoms with E-state index in [1.807, 2.05) is 13.8 Å². The van der Waals surface area contributed by atoms with E-state index < -0.39 is 12.0 Å². The van der Waals surface area contributed by atoms with Crippen LogP contribution in [0.5, 0.6) is 0 Å². The van der Waals surface area contributed by atoms with Gasteiger partial charge in [0.25, 0.3) is 0 Å². The summed E-state index contributed by atoms with van der Waals surface area (Å²) in [4.78, 5) is 23.6. The predicted octanol–water partition coefficient (Wildman–Crippen LogP) is 0.849. The lowest BCUT2D eigenvalue weighted by molar-refractivity contribution is -0.146. The number of esters is 1. The van der Waals surface area contributed by atoms with E-state index in [1.54, 1.807) is 0 Å². The van der Waals surface area contributed by atoms with Crippen LogP contribution in [-0.2, 0) is 19.1 Å². The third kappa shape index (κ3) is 6.44. The number of amides is 1. The van der Waals surface area contributed by atoms with Crippen molar-refractivity contribution in [1.29, 1.82) is 0 Å². The monoisotopic (exact) mass is 300 g/mol. The van der Waals surface area contributed by atoms with Gasteiger partial charge in [0.2, 0.25) is 5.91 Å². The smallest absolute Gasteiger partial charge is 0.328 e. The summed E-state index contributed by atoms with van der Waals surface area (Å²) in [6.07, 6.45) is 3.28. The first kappa shape index (κ1) is 17.9. The molecule has 0 aliphatic carbocycles. The van der Waals surface area contributed by atoms with Gasteiger partial charge in [0.05, 0.1) is 19.8 Å². The van der Waals surface area contributed by atoms with E-state index in [2.05, 4.69) is 10.6 Å². The highest BCUT2D eigenvalue weighted by molar-refractivity contribution is 5.84. The first-order chi connectivity index (χ1) is 10.1. The Bertz CT molecular complexity index is 330. The Morgan fingerprint density at radius 2 is 2.00 bits per heavy atom. The number of methoxy groups -OCH3 is 1. The molecule has 1 rings (SSSR count). The van der Waals surface area contributed by atoms with Gasteiger partial charge in [0.1, 0.15) is 6.04 Å². The molecule has 1 fully saturated rings. The van der Waals surface area contributed by atoms with E-state index in [0.29, 0.717) is 6.61 Å². The quantitative estimate of drug-likeness (QED) is 0.650. The minimum Gasteiger partial charge on any atom is -0.467 e. The molecule has 0 radical (unpaired) electrons. The number of carbonyl (C=O) groups excluding carboxylic acids is 2. The van der Waals surface area contributed by atoms with Crippen LogP contribution >= 0.6 is 0 Å². The Morgan fingerprint density at radius 1 is 1.33 bits per heavy atom. The molecule has 2 atom stereocenters. The van der Waals surface area contributed by atoms with Crippen LogP contribution in [0.1, 0.15) is 39.5 Å². The molecule has 21 heavy (non-hydrogen) atoms. The van der Waals surface area contributed by atoms with Crippen LogP contribution in [0.15, 0.2) is 0 Å². The lowest BCUT2D eigenvalue weighted by Crippen LogP contribution is -2.46. The van der Waals surface area contributed by atoms with Gasteiger partial charge in [-0.3, -0.25) is 4.79 Å². The number of hydrogen-bond acceptors (Lipinski definition) is 5. The molecule has 1 heterocycles. The highest BCUT2D eigenvalue weighted by atomic mass is 16.5. The molecular weight excluding hydrogens is 272 g/mol. The van der Waals surface area contributed by atoms with Gasteiger partial charge in [0, 0.05) is 6.42 Å². The van der Waals surface area contributed by atoms with Crippen LogP contribution in [0.3, 0.4) is 0 Å². The van der Waals surface area contributed by atoms with Crippen molar-refractivity contribution in [2.24, 2.45) is 5.92 Å². The number of carbonyl (C=O) groups is 2. The summed E-state index contributed by atoms with van der Waals surface area (Å²) in [6, 6.07) is -0.577. The van der Waals surface area contributed by atoms with Gasteiger partial charge in [-0.15, -0.1) is 0 Å². The second kappa shape index (κ2) is 9.73. The summed E-state index contributed by atoms with van der Waals surface area (Å²) < 4.78 is 10.4. The van der Waals surface area contributed by atoms with Crippen molar-refractivity contribution in [1.82, 2.24) is 10.6 Å². The molecule has 2 N–H and O–H groups in total. The maximum Gasteiger partial charge on any atom is 0.328 e. The highest BCUT2D eigenvalue weighted by Crippen LogP contribution is 2.10. The lowest BCUT2D eigenvalue weighted by Gasteiger charge is -2.24. The van der Waals surface area contributed by atoms with Crippen molar-refractivity contribution in [3.05, 3.63) is 0 Å². The van der Waals surface area contributed by atoms with E-state index in [1.165, 1.54) is 7.11 Å². The van der Waals surface area contributed by atoms with Crippen molar-refractivity contribution in [3.8, 4) is 0 Å². The Labute approximate surface area is 126 Å². The van der Waals surface area contributed by atoms with Crippen LogP contribution in [0.4, 0.5) is 0 Å². The average Bonchev–Trinajstić information content (AvgIpc) is 2.52. The molecule has 2 unspecified atom stereocenters. The van der Waals surface area contributed by atoms with E-state index in [9.17, 15) is 9.59 Å². The SMILES string of the molecule is CCC(C)C(NC(=O)CCOC1CCNCC1)C(=O)OC. The van der Waals surface area contributed by atoms with Crippen molar-refractivity contribution < 1.29 is 19.1 Å². The topological polar surface area (TPSA) is 76.7 Å². The summed E-state index contributed by atoms with van der Waals surface area (Å²) in [6.45, 7) is 6.23. The molecule has 6 nitrogen and oxygen atoms in total. The van der Waals surface area contributed by atoms with E-state index >= 15 is 0 Å². The third-order valence-corrected chi connectivity index (χ3v) is 3.95. The molecule has 0 spiro atoms. The van der Waals surface area contributed by atoms with Gasteiger partial charge in [-0.05, 0) is 31.8 Å². The summed E-state index contributed by atoms with van der Waals surface area (Å²) in [7, 11) is 1.34. The van der Waals surface area contributed by atoms with E-state index in [4.69, 9.17) is 9.47 Å². The fourth-order valence-electron chi connectivity index (χ4n) is 2.32. The lowest BCUT2D eigenvalue weighted by atomic mass is 9.99. The van der Waals surface area contributed by atoms with Crippen molar-refractivity contribution in [3.63, 3.8) is 0 Å². The summed E-state index contributed by atoms with van der Waals surface area (Å²) in [5.74, 6) is -0.511. The summed E-state index contributed by atoms with van der Waals surface area (Å²) in [5.41, 5.74) is 0. The zero-order chi connectivity index (χ0) is 15.7. The summed E-state index contributed by atoms with van der Waals surface area (Å²) in [5, 5.41) is 6.02. The molecular formula is C15H28N2O4. The maximum atomic E-state index is 11.9. The Hall–Kier alpha value is -1.14. The number of nitrogens with one attached hydrogen (secondary N) is 2. The van der Waals surface area contributed by atoms with Gasteiger partial charge < -0.3 is 20.1 Å². The van der Waals surface area contributed by atoms with E-state index in [0.717, 1.165) is 32.4 Å². The summed E-state index contributed by atoms with van der Waals surface area (Å²) >= 11 is 0. The molecule has 122 valence electrons. The second-order valence-electron chi connectivity index (χ2n) is 5.52. The molecule has 0 bridgehead atoms. The fourth-order valence-corrected chi connectivity index (χ4v) is 2.32. The normalized spacial score (nSPS) is 18.8. The Morgan fingerprint density at radius 3 is 2.57 bits per heavy atom. The zero-order valence-electron chi connectivity index (χ0n) is 13.3. The highest BCUT2D eigenvalue weighted by Gasteiger charge is 2.26. The number of rotatable bonds is 8. The largest absolute Gasteiger partial charge is 0.467 e. The van der Waals surface area contributed by atoms with Gasteiger partial charge in [0.15, 0.2) is 0 Å². The third-order valence-electron chi connectivity index (χ3n) is 3.95. The molecule has 1 aliphatic heterocycles.